The first kappa shape index (κ1) is 17.1. The van der Waals surface area contributed by atoms with Gasteiger partial charge in [-0.1, -0.05) is 6.92 Å². The summed E-state index contributed by atoms with van der Waals surface area (Å²) in [6, 6.07) is 0.200. The van der Waals surface area contributed by atoms with Gasteiger partial charge in [-0.25, -0.2) is 13.4 Å². The number of anilines is 1. The number of nitrogens with one attached hydrogen (secondary N) is 1. The van der Waals surface area contributed by atoms with E-state index in [2.05, 4.69) is 24.1 Å². The molecule has 21 heavy (non-hydrogen) atoms. The molecule has 2 heterocycles. The van der Waals surface area contributed by atoms with Crippen LogP contribution in [0.1, 0.15) is 32.0 Å². The van der Waals surface area contributed by atoms with Crippen LogP contribution in [-0.4, -0.2) is 49.6 Å². The van der Waals surface area contributed by atoms with Gasteiger partial charge in [0.2, 0.25) is 0 Å². The molecule has 0 amide bonds. The average molecular weight is 350 g/mol. The molecule has 2 rings (SSSR count). The standard InChI is InChI=1S/C13H23N3O2S3/c1-4-5-14-10(2)11-8-20-13(15-11)16-6-7-19-9-12(16)21(3,17)18/h8,10,12,14H,4-7,9H2,1-3H3. The predicted octanol–water partition coefficient (Wildman–Crippen LogP) is 2.13. The molecule has 0 aliphatic carbocycles. The number of sulfone groups is 1. The molecule has 0 spiro atoms. The topological polar surface area (TPSA) is 62.3 Å². The molecule has 5 nitrogen and oxygen atoms in total. The number of aromatic nitrogens is 1. The smallest absolute Gasteiger partial charge is 0.186 e. The van der Waals surface area contributed by atoms with E-state index < -0.39 is 15.2 Å². The largest absolute Gasteiger partial charge is 0.330 e. The minimum Gasteiger partial charge on any atom is -0.330 e. The van der Waals surface area contributed by atoms with E-state index in [1.54, 1.807) is 11.8 Å². The molecule has 1 aromatic heterocycles. The van der Waals surface area contributed by atoms with Crippen LogP contribution in [0.2, 0.25) is 0 Å². The molecule has 0 aromatic carbocycles. The van der Waals surface area contributed by atoms with Crippen molar-refractivity contribution in [1.82, 2.24) is 10.3 Å². The fourth-order valence-corrected chi connectivity index (χ4v) is 6.11. The molecule has 2 unspecified atom stereocenters. The summed E-state index contributed by atoms with van der Waals surface area (Å²) in [5.74, 6) is 1.57. The Morgan fingerprint density at radius 2 is 2.33 bits per heavy atom. The molecule has 1 aliphatic rings. The molecule has 8 heteroatoms. The predicted molar refractivity (Wildman–Crippen MR) is 92.1 cm³/mol. The third-order valence-corrected chi connectivity index (χ3v) is 7.02. The Labute approximate surface area is 135 Å². The van der Waals surface area contributed by atoms with E-state index in [9.17, 15) is 8.42 Å². The lowest BCUT2D eigenvalue weighted by atomic mass is 10.2. The van der Waals surface area contributed by atoms with Gasteiger partial charge in [-0.05, 0) is 19.9 Å². The van der Waals surface area contributed by atoms with Crippen LogP contribution in [0.4, 0.5) is 5.13 Å². The van der Waals surface area contributed by atoms with Gasteiger partial charge in [0.05, 0.1) is 5.69 Å². The van der Waals surface area contributed by atoms with Crippen LogP contribution < -0.4 is 10.2 Å². The maximum absolute atomic E-state index is 12.0. The second-order valence-corrected chi connectivity index (χ2v) is 9.47. The molecule has 120 valence electrons. The van der Waals surface area contributed by atoms with E-state index in [4.69, 9.17) is 0 Å². The molecule has 1 N–H and O–H groups in total. The van der Waals surface area contributed by atoms with E-state index in [-0.39, 0.29) is 6.04 Å². The van der Waals surface area contributed by atoms with Crippen LogP contribution in [0.3, 0.4) is 0 Å². The second-order valence-electron chi connectivity index (χ2n) is 5.28. The van der Waals surface area contributed by atoms with E-state index in [0.717, 1.165) is 36.1 Å². The third-order valence-electron chi connectivity index (χ3n) is 3.48. The first-order valence-corrected chi connectivity index (χ1v) is 11.1. The highest BCUT2D eigenvalue weighted by atomic mass is 32.2. The summed E-state index contributed by atoms with van der Waals surface area (Å²) in [6.45, 7) is 5.93. The normalized spacial score (nSPS) is 21.5. The van der Waals surface area contributed by atoms with Crippen LogP contribution in [0.5, 0.6) is 0 Å². The number of nitrogens with zero attached hydrogens (tertiary/aromatic N) is 2. The van der Waals surface area contributed by atoms with E-state index in [1.165, 1.54) is 17.6 Å². The highest BCUT2D eigenvalue weighted by molar-refractivity contribution is 8.01. The average Bonchev–Trinajstić information content (AvgIpc) is 2.93. The molecule has 1 saturated heterocycles. The van der Waals surface area contributed by atoms with Crippen LogP contribution in [-0.2, 0) is 9.84 Å². The second kappa shape index (κ2) is 7.30. The lowest BCUT2D eigenvalue weighted by Crippen LogP contribution is -2.47. The summed E-state index contributed by atoms with van der Waals surface area (Å²) < 4.78 is 23.9. The van der Waals surface area contributed by atoms with Gasteiger partial charge in [0, 0.05) is 35.7 Å². The van der Waals surface area contributed by atoms with Crippen LogP contribution in [0.25, 0.3) is 0 Å². The summed E-state index contributed by atoms with van der Waals surface area (Å²) in [5, 5.41) is 5.82. The van der Waals surface area contributed by atoms with Crippen molar-refractivity contribution in [2.45, 2.75) is 31.7 Å². The van der Waals surface area contributed by atoms with E-state index in [1.807, 2.05) is 10.3 Å². The molecule has 0 radical (unpaired) electrons. The Hall–Kier alpha value is -0.310. The van der Waals surface area contributed by atoms with Crippen molar-refractivity contribution in [2.75, 3.05) is 35.8 Å². The fourth-order valence-electron chi connectivity index (χ4n) is 2.23. The molecule has 0 bridgehead atoms. The van der Waals surface area contributed by atoms with Crippen molar-refractivity contribution in [3.63, 3.8) is 0 Å². The van der Waals surface area contributed by atoms with Crippen molar-refractivity contribution >= 4 is 38.1 Å². The summed E-state index contributed by atoms with van der Waals surface area (Å²) in [7, 11) is -3.09. The Bertz CT molecular complexity index is 559. The first-order chi connectivity index (χ1) is 9.93. The lowest BCUT2D eigenvalue weighted by molar-refractivity contribution is 0.560. The molecule has 1 aliphatic heterocycles. The van der Waals surface area contributed by atoms with Gasteiger partial charge in [0.1, 0.15) is 5.37 Å². The van der Waals surface area contributed by atoms with Crippen LogP contribution in [0.15, 0.2) is 5.38 Å². The van der Waals surface area contributed by atoms with Crippen molar-refractivity contribution in [3.8, 4) is 0 Å². The van der Waals surface area contributed by atoms with E-state index >= 15 is 0 Å². The Morgan fingerprint density at radius 3 is 3.00 bits per heavy atom. The number of hydrogen-bond acceptors (Lipinski definition) is 7. The van der Waals surface area contributed by atoms with Gasteiger partial charge in [-0.3, -0.25) is 0 Å². The van der Waals surface area contributed by atoms with Gasteiger partial charge < -0.3 is 10.2 Å². The summed E-state index contributed by atoms with van der Waals surface area (Å²) >= 11 is 3.24. The fraction of sp³-hybridized carbons (Fsp3) is 0.769. The van der Waals surface area contributed by atoms with Gasteiger partial charge in [-0.15, -0.1) is 11.3 Å². The van der Waals surface area contributed by atoms with Crippen LogP contribution >= 0.6 is 23.1 Å². The quantitative estimate of drug-likeness (QED) is 0.849. The number of hydrogen-bond donors (Lipinski definition) is 1. The number of rotatable bonds is 6. The SMILES string of the molecule is CCCNC(C)c1csc(N2CCSCC2S(C)(=O)=O)n1. The van der Waals surface area contributed by atoms with Crippen LogP contribution in [0, 0.1) is 0 Å². The van der Waals surface area contributed by atoms with Crippen molar-refractivity contribution in [2.24, 2.45) is 0 Å². The van der Waals surface area contributed by atoms with Crippen molar-refractivity contribution in [1.29, 1.82) is 0 Å². The monoisotopic (exact) mass is 349 g/mol. The molecule has 1 fully saturated rings. The first-order valence-electron chi connectivity index (χ1n) is 7.15. The van der Waals surface area contributed by atoms with Gasteiger partial charge in [0.25, 0.3) is 0 Å². The number of thiazole rings is 1. The Balaban J connectivity index is 2.15. The summed E-state index contributed by atoms with van der Waals surface area (Å²) in [6.07, 6.45) is 2.40. The highest BCUT2D eigenvalue weighted by Crippen LogP contribution is 2.30. The van der Waals surface area contributed by atoms with Crippen molar-refractivity contribution in [3.05, 3.63) is 11.1 Å². The number of thioether (sulfide) groups is 1. The summed E-state index contributed by atoms with van der Waals surface area (Å²) in [4.78, 5) is 6.61. The molecular formula is C13H23N3O2S3. The molecular weight excluding hydrogens is 326 g/mol. The highest BCUT2D eigenvalue weighted by Gasteiger charge is 2.32. The molecule has 0 saturated carbocycles. The zero-order valence-corrected chi connectivity index (χ0v) is 15.2. The maximum Gasteiger partial charge on any atom is 0.186 e. The van der Waals surface area contributed by atoms with Gasteiger partial charge >= 0.3 is 0 Å². The van der Waals surface area contributed by atoms with Crippen molar-refractivity contribution < 1.29 is 8.42 Å². The lowest BCUT2D eigenvalue weighted by Gasteiger charge is -2.33. The molecule has 2 atom stereocenters. The zero-order valence-electron chi connectivity index (χ0n) is 12.7. The third kappa shape index (κ3) is 4.34. The molecule has 1 aromatic rings. The minimum absolute atomic E-state index is 0.200. The summed E-state index contributed by atoms with van der Waals surface area (Å²) in [5.41, 5.74) is 0.994. The maximum atomic E-state index is 12.0. The minimum atomic E-state index is -3.09. The van der Waals surface area contributed by atoms with E-state index in [0.29, 0.717) is 5.75 Å². The van der Waals surface area contributed by atoms with Gasteiger partial charge in [0.15, 0.2) is 15.0 Å². The Kier molecular flexibility index (Phi) is 5.93. The zero-order chi connectivity index (χ0) is 15.5. The Morgan fingerprint density at radius 1 is 1.57 bits per heavy atom. The van der Waals surface area contributed by atoms with Gasteiger partial charge in [-0.2, -0.15) is 11.8 Å².